The highest BCUT2D eigenvalue weighted by Gasteiger charge is 2.24. The first-order chi connectivity index (χ1) is 14.7. The van der Waals surface area contributed by atoms with Crippen molar-refractivity contribution in [2.75, 3.05) is 0 Å². The van der Waals surface area contributed by atoms with Crippen molar-refractivity contribution in [1.29, 1.82) is 0 Å². The topological polar surface area (TPSA) is 56.3 Å². The molecule has 0 amide bonds. The van der Waals surface area contributed by atoms with Crippen molar-refractivity contribution in [1.82, 2.24) is 4.98 Å². The van der Waals surface area contributed by atoms with Crippen molar-refractivity contribution >= 4 is 22.7 Å². The van der Waals surface area contributed by atoms with Crippen molar-refractivity contribution in [2.45, 2.75) is 19.4 Å². The number of hydrogen-bond donors (Lipinski definition) is 0. The van der Waals surface area contributed by atoms with Crippen molar-refractivity contribution in [3.05, 3.63) is 102 Å². The van der Waals surface area contributed by atoms with Gasteiger partial charge in [-0.05, 0) is 18.6 Å². The van der Waals surface area contributed by atoms with Crippen molar-refractivity contribution < 1.29 is 14.3 Å². The summed E-state index contributed by atoms with van der Waals surface area (Å²) in [5, 5.41) is 0.698. The molecular formula is C26H21NO3. The molecule has 1 heterocycles. The Labute approximate surface area is 175 Å². The van der Waals surface area contributed by atoms with Crippen LogP contribution in [0.5, 0.6) is 0 Å². The van der Waals surface area contributed by atoms with Crippen LogP contribution in [0.15, 0.2) is 91.0 Å². The fraction of sp³-hybridized carbons (Fsp3) is 0.115. The Morgan fingerprint density at radius 1 is 0.867 bits per heavy atom. The quantitative estimate of drug-likeness (QED) is 0.309. The third-order valence-corrected chi connectivity index (χ3v) is 4.98. The predicted octanol–water partition coefficient (Wildman–Crippen LogP) is 5.72. The number of fused-ring (bicyclic) bond motifs is 1. The Hall–Kier alpha value is -3.79. The van der Waals surface area contributed by atoms with Gasteiger partial charge >= 0.3 is 5.97 Å². The summed E-state index contributed by atoms with van der Waals surface area (Å²) in [5.74, 6) is -0.727. The average Bonchev–Trinajstić information content (AvgIpc) is 2.82. The van der Waals surface area contributed by atoms with Gasteiger partial charge in [0, 0.05) is 16.5 Å². The van der Waals surface area contributed by atoms with Crippen molar-refractivity contribution in [3.8, 4) is 11.3 Å². The summed E-state index contributed by atoms with van der Waals surface area (Å²) in [6, 6.07) is 27.8. The molecular weight excluding hydrogens is 374 g/mol. The van der Waals surface area contributed by atoms with Crippen LogP contribution in [0, 0.1) is 0 Å². The molecule has 0 spiro atoms. The number of para-hydroxylation sites is 1. The maximum atomic E-state index is 13.1. The second-order valence-electron chi connectivity index (χ2n) is 6.97. The number of hydrogen-bond acceptors (Lipinski definition) is 4. The van der Waals surface area contributed by atoms with Gasteiger partial charge in [-0.1, -0.05) is 85.8 Å². The number of nitrogens with zero attached hydrogens (tertiary/aromatic N) is 1. The lowest BCUT2D eigenvalue weighted by molar-refractivity contribution is 0.0279. The van der Waals surface area contributed by atoms with E-state index in [2.05, 4.69) is 0 Å². The minimum Gasteiger partial charge on any atom is -0.450 e. The van der Waals surface area contributed by atoms with Crippen LogP contribution in [-0.2, 0) is 4.74 Å². The fourth-order valence-electron chi connectivity index (χ4n) is 3.40. The number of aromatic nitrogens is 1. The Bertz CT molecular complexity index is 1190. The van der Waals surface area contributed by atoms with E-state index in [1.807, 2.05) is 67.6 Å². The van der Waals surface area contributed by atoms with E-state index in [0.29, 0.717) is 34.1 Å². The lowest BCUT2D eigenvalue weighted by Crippen LogP contribution is -2.27. The summed E-state index contributed by atoms with van der Waals surface area (Å²) in [6.45, 7) is 1.83. The van der Waals surface area contributed by atoms with Gasteiger partial charge in [-0.25, -0.2) is 9.78 Å². The third-order valence-electron chi connectivity index (χ3n) is 4.98. The first-order valence-electron chi connectivity index (χ1n) is 9.93. The normalized spacial score (nSPS) is 11.8. The van der Waals surface area contributed by atoms with Crippen LogP contribution >= 0.6 is 0 Å². The lowest BCUT2D eigenvalue weighted by Gasteiger charge is -2.16. The molecule has 4 rings (SSSR count). The monoisotopic (exact) mass is 395 g/mol. The number of carbonyl (C=O) groups is 2. The molecule has 0 radical (unpaired) electrons. The number of ether oxygens (including phenoxy) is 1. The number of ketones is 1. The molecule has 0 bridgehead atoms. The highest BCUT2D eigenvalue weighted by molar-refractivity contribution is 6.06. The highest BCUT2D eigenvalue weighted by Crippen LogP contribution is 2.26. The zero-order valence-corrected chi connectivity index (χ0v) is 16.6. The maximum absolute atomic E-state index is 13.1. The Morgan fingerprint density at radius 2 is 1.50 bits per heavy atom. The van der Waals surface area contributed by atoms with Crippen molar-refractivity contribution in [2.24, 2.45) is 0 Å². The van der Waals surface area contributed by atoms with Gasteiger partial charge in [0.05, 0.1) is 16.8 Å². The van der Waals surface area contributed by atoms with Crippen LogP contribution in [0.3, 0.4) is 0 Å². The first-order valence-corrected chi connectivity index (χ1v) is 9.93. The second-order valence-corrected chi connectivity index (χ2v) is 6.97. The summed E-state index contributed by atoms with van der Waals surface area (Å²) in [4.78, 5) is 30.6. The molecule has 1 unspecified atom stereocenters. The number of carbonyl (C=O) groups excluding carboxylic acids is 2. The largest absolute Gasteiger partial charge is 0.450 e. The SMILES string of the molecule is CCC(OC(=O)c1cc(-c2ccccc2)nc2ccccc12)C(=O)c1ccccc1. The van der Waals surface area contributed by atoms with E-state index >= 15 is 0 Å². The van der Waals surface area contributed by atoms with E-state index in [1.54, 1.807) is 30.3 Å². The Morgan fingerprint density at radius 3 is 2.20 bits per heavy atom. The zero-order chi connectivity index (χ0) is 20.9. The van der Waals surface area contributed by atoms with Crippen LogP contribution in [0.2, 0.25) is 0 Å². The molecule has 30 heavy (non-hydrogen) atoms. The Balaban J connectivity index is 1.71. The highest BCUT2D eigenvalue weighted by atomic mass is 16.5. The lowest BCUT2D eigenvalue weighted by atomic mass is 10.0. The smallest absolute Gasteiger partial charge is 0.339 e. The molecule has 3 aromatic carbocycles. The molecule has 0 N–H and O–H groups in total. The number of rotatable bonds is 6. The van der Waals surface area contributed by atoms with Gasteiger partial charge in [-0.3, -0.25) is 4.79 Å². The van der Waals surface area contributed by atoms with E-state index < -0.39 is 12.1 Å². The van der Waals surface area contributed by atoms with Crippen LogP contribution in [-0.4, -0.2) is 22.8 Å². The minimum atomic E-state index is -0.841. The van der Waals surface area contributed by atoms with E-state index in [-0.39, 0.29) is 5.78 Å². The molecule has 0 saturated heterocycles. The molecule has 4 nitrogen and oxygen atoms in total. The van der Waals surface area contributed by atoms with Crippen LogP contribution < -0.4 is 0 Å². The summed E-state index contributed by atoms with van der Waals surface area (Å²) < 4.78 is 5.68. The third kappa shape index (κ3) is 3.98. The summed E-state index contributed by atoms with van der Waals surface area (Å²) in [6.07, 6.45) is -0.444. The molecule has 4 aromatic rings. The molecule has 0 aliphatic rings. The molecule has 1 aromatic heterocycles. The number of pyridine rings is 1. The molecule has 148 valence electrons. The summed E-state index contributed by atoms with van der Waals surface area (Å²) >= 11 is 0. The maximum Gasteiger partial charge on any atom is 0.339 e. The van der Waals surface area contributed by atoms with E-state index in [4.69, 9.17) is 9.72 Å². The number of esters is 1. The summed E-state index contributed by atoms with van der Waals surface area (Å²) in [7, 11) is 0. The number of benzene rings is 3. The van der Waals surface area contributed by atoms with E-state index in [9.17, 15) is 9.59 Å². The van der Waals surface area contributed by atoms with Crippen LogP contribution in [0.1, 0.15) is 34.1 Å². The van der Waals surface area contributed by atoms with Gasteiger partial charge in [-0.15, -0.1) is 0 Å². The molecule has 0 aliphatic heterocycles. The van der Waals surface area contributed by atoms with Crippen LogP contribution in [0.4, 0.5) is 0 Å². The fourth-order valence-corrected chi connectivity index (χ4v) is 3.40. The minimum absolute atomic E-state index is 0.201. The molecule has 0 aliphatic carbocycles. The van der Waals surface area contributed by atoms with Gasteiger partial charge in [0.15, 0.2) is 6.10 Å². The van der Waals surface area contributed by atoms with Gasteiger partial charge in [0.25, 0.3) is 0 Å². The first kappa shape index (κ1) is 19.5. The van der Waals surface area contributed by atoms with Crippen molar-refractivity contribution in [3.63, 3.8) is 0 Å². The Kier molecular flexibility index (Phi) is 5.66. The molecule has 4 heteroatoms. The molecule has 0 saturated carbocycles. The molecule has 1 atom stereocenters. The predicted molar refractivity (Wildman–Crippen MR) is 117 cm³/mol. The zero-order valence-electron chi connectivity index (χ0n) is 16.6. The molecule has 0 fully saturated rings. The van der Waals surface area contributed by atoms with Gasteiger partial charge < -0.3 is 4.74 Å². The van der Waals surface area contributed by atoms with Gasteiger partial charge in [0.2, 0.25) is 5.78 Å². The summed E-state index contributed by atoms with van der Waals surface area (Å²) in [5.41, 5.74) is 3.22. The van der Waals surface area contributed by atoms with Gasteiger partial charge in [0.1, 0.15) is 0 Å². The standard InChI is InChI=1S/C26H21NO3/c1-2-24(25(28)19-13-7-4-8-14-19)30-26(29)21-17-23(18-11-5-3-6-12-18)27-22-16-10-9-15-20(21)22/h3-17,24H,2H2,1H3. The second kappa shape index (κ2) is 8.70. The van der Waals surface area contributed by atoms with E-state index in [1.165, 1.54) is 0 Å². The van der Waals surface area contributed by atoms with Crippen LogP contribution in [0.25, 0.3) is 22.2 Å². The average molecular weight is 395 g/mol. The number of Topliss-reactive ketones (excluding diaryl/α,β-unsaturated/α-hetero) is 1. The van der Waals surface area contributed by atoms with Gasteiger partial charge in [-0.2, -0.15) is 0 Å². The van der Waals surface area contributed by atoms with E-state index in [0.717, 1.165) is 5.56 Å².